The van der Waals surface area contributed by atoms with Gasteiger partial charge in [-0.25, -0.2) is 0 Å². The van der Waals surface area contributed by atoms with E-state index in [1.165, 1.54) is 0 Å². The predicted octanol–water partition coefficient (Wildman–Crippen LogP) is -0.984. The maximum Gasteiger partial charge on any atom is 0.111 e. The van der Waals surface area contributed by atoms with Gasteiger partial charge in [0.05, 0.1) is 42.0 Å². The molecule has 0 amide bonds. The average Bonchev–Trinajstić information content (AvgIpc) is 2.54. The molecule has 0 aromatic carbocycles. The molecule has 6 nitrogen and oxygen atoms in total. The molecule has 0 unspecified atom stereocenters. The van der Waals surface area contributed by atoms with Gasteiger partial charge in [0.2, 0.25) is 0 Å². The van der Waals surface area contributed by atoms with E-state index in [1.54, 1.807) is 0 Å². The van der Waals surface area contributed by atoms with Gasteiger partial charge in [0.1, 0.15) is 5.60 Å². The lowest BCUT2D eigenvalue weighted by Crippen LogP contribution is -2.76. The molecule has 1 aliphatic heterocycles. The zero-order valence-electron chi connectivity index (χ0n) is 12.7. The van der Waals surface area contributed by atoms with Gasteiger partial charge in [-0.1, -0.05) is 6.92 Å². The standard InChI is InChI=1S/C15H26O6/c1-7-4-9(17)12(20)14(6-16)10(18)5-8-11(19)15(7,14)21-13(8,2)3/h7-12,16-20H,4-6H2,1-3H3/t7-,8-,9+,10+,11-,12+,14-,15-/m1/s1. The molecule has 5 N–H and O–H groups in total. The molecule has 3 fully saturated rings. The first kappa shape index (κ1) is 15.6. The number of hydrogen-bond acceptors (Lipinski definition) is 6. The lowest BCUT2D eigenvalue weighted by Gasteiger charge is -2.62. The van der Waals surface area contributed by atoms with Crippen molar-refractivity contribution in [2.45, 2.75) is 69.2 Å². The van der Waals surface area contributed by atoms with Crippen LogP contribution in [0, 0.1) is 17.3 Å². The van der Waals surface area contributed by atoms with Crippen LogP contribution in [0.15, 0.2) is 0 Å². The first-order chi connectivity index (χ1) is 9.65. The molecule has 0 aromatic rings. The Hall–Kier alpha value is -0.240. The lowest BCUT2D eigenvalue weighted by molar-refractivity contribution is -0.315. The van der Waals surface area contributed by atoms with E-state index < -0.39 is 47.6 Å². The summed E-state index contributed by atoms with van der Waals surface area (Å²) in [6.07, 6.45) is -3.82. The molecule has 1 spiro atoms. The zero-order valence-corrected chi connectivity index (χ0v) is 12.7. The van der Waals surface area contributed by atoms with Gasteiger partial charge in [-0.2, -0.15) is 0 Å². The second kappa shape index (κ2) is 4.40. The average molecular weight is 302 g/mol. The van der Waals surface area contributed by atoms with Gasteiger partial charge in [0, 0.05) is 5.92 Å². The molecule has 2 saturated carbocycles. The highest BCUT2D eigenvalue weighted by Gasteiger charge is 2.78. The van der Waals surface area contributed by atoms with Gasteiger partial charge < -0.3 is 30.3 Å². The van der Waals surface area contributed by atoms with Crippen LogP contribution in [0.4, 0.5) is 0 Å². The Morgan fingerprint density at radius 3 is 2.24 bits per heavy atom. The first-order valence-electron chi connectivity index (χ1n) is 7.68. The Bertz CT molecular complexity index is 440. The lowest BCUT2D eigenvalue weighted by atomic mass is 9.48. The van der Waals surface area contributed by atoms with Gasteiger partial charge in [0.15, 0.2) is 0 Å². The second-order valence-electron chi connectivity index (χ2n) is 7.65. The number of hydrogen-bond donors (Lipinski definition) is 5. The van der Waals surface area contributed by atoms with Crippen LogP contribution >= 0.6 is 0 Å². The smallest absolute Gasteiger partial charge is 0.111 e. The summed E-state index contributed by atoms with van der Waals surface area (Å²) in [5, 5.41) is 52.3. The van der Waals surface area contributed by atoms with E-state index in [2.05, 4.69) is 0 Å². The van der Waals surface area contributed by atoms with Crippen molar-refractivity contribution in [2.75, 3.05) is 6.61 Å². The summed E-state index contributed by atoms with van der Waals surface area (Å²) in [7, 11) is 0. The van der Waals surface area contributed by atoms with Crippen molar-refractivity contribution in [3.05, 3.63) is 0 Å². The van der Waals surface area contributed by atoms with Crippen LogP contribution in [0.5, 0.6) is 0 Å². The summed E-state index contributed by atoms with van der Waals surface area (Å²) < 4.78 is 6.23. The molecule has 21 heavy (non-hydrogen) atoms. The molecule has 0 aromatic heterocycles. The number of aliphatic hydroxyl groups is 5. The highest BCUT2D eigenvalue weighted by Crippen LogP contribution is 2.65. The molecule has 1 heterocycles. The van der Waals surface area contributed by atoms with Crippen molar-refractivity contribution in [3.63, 3.8) is 0 Å². The fourth-order valence-electron chi connectivity index (χ4n) is 5.36. The molecule has 6 heteroatoms. The highest BCUT2D eigenvalue weighted by molar-refractivity contribution is 5.26. The van der Waals surface area contributed by atoms with E-state index in [9.17, 15) is 25.5 Å². The zero-order chi connectivity index (χ0) is 15.8. The third kappa shape index (κ3) is 1.53. The summed E-state index contributed by atoms with van der Waals surface area (Å²) in [4.78, 5) is 0. The van der Waals surface area contributed by atoms with E-state index in [1.807, 2.05) is 20.8 Å². The van der Waals surface area contributed by atoms with E-state index in [0.29, 0.717) is 0 Å². The largest absolute Gasteiger partial charge is 0.395 e. The second-order valence-corrected chi connectivity index (χ2v) is 7.65. The molecule has 8 atom stereocenters. The minimum Gasteiger partial charge on any atom is -0.395 e. The monoisotopic (exact) mass is 302 g/mol. The van der Waals surface area contributed by atoms with Crippen molar-refractivity contribution >= 4 is 0 Å². The normalized spacial score (nSPS) is 58.9. The summed E-state index contributed by atoms with van der Waals surface area (Å²) in [6, 6.07) is 0. The van der Waals surface area contributed by atoms with Crippen molar-refractivity contribution in [1.29, 1.82) is 0 Å². The van der Waals surface area contributed by atoms with Crippen LogP contribution in [0.1, 0.15) is 33.6 Å². The molecule has 122 valence electrons. The molecular formula is C15H26O6. The Labute approximate surface area is 124 Å². The van der Waals surface area contributed by atoms with E-state index in [4.69, 9.17) is 4.74 Å². The van der Waals surface area contributed by atoms with Gasteiger partial charge in [-0.3, -0.25) is 0 Å². The Morgan fingerprint density at radius 2 is 1.67 bits per heavy atom. The fraction of sp³-hybridized carbons (Fsp3) is 1.00. The minimum atomic E-state index is -1.46. The summed E-state index contributed by atoms with van der Waals surface area (Å²) in [5.41, 5.74) is -3.37. The van der Waals surface area contributed by atoms with Crippen molar-refractivity contribution in [2.24, 2.45) is 17.3 Å². The Balaban J connectivity index is 2.22. The molecule has 2 bridgehead atoms. The maximum atomic E-state index is 10.9. The number of fused-ring (bicyclic) bond motifs is 1. The first-order valence-corrected chi connectivity index (χ1v) is 7.68. The van der Waals surface area contributed by atoms with Crippen LogP contribution in [-0.4, -0.2) is 67.8 Å². The summed E-state index contributed by atoms with van der Waals surface area (Å²) in [6.45, 7) is 5.01. The maximum absolute atomic E-state index is 10.9. The quantitative estimate of drug-likeness (QED) is 0.426. The molecule has 1 saturated heterocycles. The van der Waals surface area contributed by atoms with Crippen LogP contribution < -0.4 is 0 Å². The SMILES string of the molecule is C[C@@H]1C[C@H](O)[C@H](O)[C@@]2(CO)[C@@H](O)C[C@@H]3[C@@H](O)[C@]12OC3(C)C. The molecule has 3 aliphatic rings. The van der Waals surface area contributed by atoms with Gasteiger partial charge in [0.25, 0.3) is 0 Å². The molecule has 2 aliphatic carbocycles. The number of ether oxygens (including phenoxy) is 1. The predicted molar refractivity (Wildman–Crippen MR) is 73.3 cm³/mol. The topological polar surface area (TPSA) is 110 Å². The summed E-state index contributed by atoms with van der Waals surface area (Å²) >= 11 is 0. The van der Waals surface area contributed by atoms with Crippen LogP contribution in [0.2, 0.25) is 0 Å². The molecular weight excluding hydrogens is 276 g/mol. The van der Waals surface area contributed by atoms with Gasteiger partial charge in [-0.15, -0.1) is 0 Å². The van der Waals surface area contributed by atoms with E-state index in [0.717, 1.165) is 0 Å². The van der Waals surface area contributed by atoms with E-state index >= 15 is 0 Å². The Kier molecular flexibility index (Phi) is 3.28. The van der Waals surface area contributed by atoms with Crippen LogP contribution in [-0.2, 0) is 4.74 Å². The Morgan fingerprint density at radius 1 is 1.05 bits per heavy atom. The third-order valence-corrected chi connectivity index (χ3v) is 6.43. The van der Waals surface area contributed by atoms with Gasteiger partial charge in [-0.05, 0) is 32.6 Å². The summed E-state index contributed by atoms with van der Waals surface area (Å²) in [5.74, 6) is -0.561. The van der Waals surface area contributed by atoms with E-state index in [-0.39, 0.29) is 24.7 Å². The van der Waals surface area contributed by atoms with Crippen LogP contribution in [0.25, 0.3) is 0 Å². The van der Waals surface area contributed by atoms with Crippen molar-refractivity contribution in [3.8, 4) is 0 Å². The third-order valence-electron chi connectivity index (χ3n) is 6.43. The highest BCUT2D eigenvalue weighted by atomic mass is 16.6. The van der Waals surface area contributed by atoms with Gasteiger partial charge >= 0.3 is 0 Å². The fourth-order valence-corrected chi connectivity index (χ4v) is 5.36. The molecule has 3 rings (SSSR count). The van der Waals surface area contributed by atoms with Crippen LogP contribution in [0.3, 0.4) is 0 Å². The van der Waals surface area contributed by atoms with Crippen molar-refractivity contribution in [1.82, 2.24) is 0 Å². The van der Waals surface area contributed by atoms with Crippen molar-refractivity contribution < 1.29 is 30.3 Å². The molecule has 0 radical (unpaired) electrons. The minimum absolute atomic E-state index is 0.229. The number of aliphatic hydroxyl groups excluding tert-OH is 5. The number of rotatable bonds is 1.